The molecule has 2 saturated heterocycles. The Balaban J connectivity index is 0.000000149. The van der Waals surface area contributed by atoms with E-state index in [9.17, 15) is 0 Å². The molecule has 2 unspecified atom stereocenters. The van der Waals surface area contributed by atoms with E-state index in [-0.39, 0.29) is 5.28 Å². The first-order valence-electron chi connectivity index (χ1n) is 27.3. The standard InChI is InChI=1S/C37H29N3O2S3.C29H26ClN3O2/c1-41-36-32-26-16-18-37(23-8-4-2-5-9-23,24-10-12-25(13-11-24)40-19-6-3-7-20-40)42-28(26)15-14-27(32)38-35(39-36)31-22-30-34(45-31)33-29(44-30)17-21-43-33;1-34-27-26-23-16-17-29(20-8-4-2-5-9-20,35-25(23)15-14-24(26)31-28(30)32-27)21-10-12-22(13-11-21)33-18-6-3-7-19-33/h2,4-5,8-18,21-22H,3,6-7,19-20H2,1H3;2,4-5,8-17H,3,6-7,18-19H2,1H3. The van der Waals surface area contributed by atoms with Gasteiger partial charge in [-0.05, 0) is 140 Å². The van der Waals surface area contributed by atoms with E-state index < -0.39 is 11.2 Å². The number of halogens is 1. The smallest absolute Gasteiger partial charge is 0.226 e. The second-order valence-corrected chi connectivity index (χ2v) is 24.0. The first-order chi connectivity index (χ1) is 39.4. The van der Waals surface area contributed by atoms with Crippen LogP contribution in [0.1, 0.15) is 71.9 Å². The summed E-state index contributed by atoms with van der Waals surface area (Å²) in [5.41, 5.74) is 8.67. The number of methoxy groups -OCH3 is 2. The molecule has 11 aromatic rings. The summed E-state index contributed by atoms with van der Waals surface area (Å²) >= 11 is 11.5. The van der Waals surface area contributed by atoms with E-state index >= 15 is 0 Å². The number of benzene rings is 6. The highest BCUT2D eigenvalue weighted by Crippen LogP contribution is 2.49. The van der Waals surface area contributed by atoms with E-state index in [0.717, 1.165) is 92.2 Å². The lowest BCUT2D eigenvalue weighted by atomic mass is 9.83. The lowest BCUT2D eigenvalue weighted by Gasteiger charge is -2.37. The van der Waals surface area contributed by atoms with Crippen molar-refractivity contribution in [1.82, 2.24) is 19.9 Å². The van der Waals surface area contributed by atoms with Crippen molar-refractivity contribution >= 4 is 110 Å². The van der Waals surface area contributed by atoms with Gasteiger partial charge in [0, 0.05) is 80.3 Å². The zero-order valence-corrected chi connectivity index (χ0v) is 47.4. The molecule has 0 saturated carbocycles. The minimum atomic E-state index is -0.772. The molecule has 10 nitrogen and oxygen atoms in total. The van der Waals surface area contributed by atoms with Crippen LogP contribution in [0.15, 0.2) is 163 Å². The van der Waals surface area contributed by atoms with Crippen molar-refractivity contribution in [3.05, 3.63) is 202 Å². The third-order valence-electron chi connectivity index (χ3n) is 15.9. The van der Waals surface area contributed by atoms with Crippen LogP contribution in [0.3, 0.4) is 0 Å². The maximum Gasteiger partial charge on any atom is 0.226 e. The summed E-state index contributed by atoms with van der Waals surface area (Å²) < 4.78 is 30.7. The lowest BCUT2D eigenvalue weighted by molar-refractivity contribution is 0.161. The molecule has 0 bridgehead atoms. The second kappa shape index (κ2) is 21.0. The van der Waals surface area contributed by atoms with Crippen molar-refractivity contribution in [1.29, 1.82) is 0 Å². The van der Waals surface area contributed by atoms with Crippen LogP contribution in [-0.4, -0.2) is 60.3 Å². The molecule has 80 heavy (non-hydrogen) atoms. The van der Waals surface area contributed by atoms with Crippen LogP contribution in [0.2, 0.25) is 5.28 Å². The maximum absolute atomic E-state index is 7.06. The van der Waals surface area contributed by atoms with Gasteiger partial charge in [0.15, 0.2) is 17.0 Å². The minimum absolute atomic E-state index is 0.155. The normalized spacial score (nSPS) is 18.6. The van der Waals surface area contributed by atoms with E-state index in [1.54, 1.807) is 36.9 Å². The zero-order valence-electron chi connectivity index (χ0n) is 44.2. The summed E-state index contributed by atoms with van der Waals surface area (Å²) in [6.45, 7) is 4.48. The fraction of sp³-hybridized carbons (Fsp3) is 0.212. The highest BCUT2D eigenvalue weighted by Gasteiger charge is 2.40. The Morgan fingerprint density at radius 2 is 1.00 bits per heavy atom. The van der Waals surface area contributed by atoms with Gasteiger partial charge in [-0.2, -0.15) is 9.97 Å². The number of ether oxygens (including phenoxy) is 4. The lowest BCUT2D eigenvalue weighted by Crippen LogP contribution is -2.34. The second-order valence-electron chi connectivity index (χ2n) is 20.6. The molecule has 2 fully saturated rings. The van der Waals surface area contributed by atoms with Crippen LogP contribution >= 0.6 is 45.6 Å². The highest BCUT2D eigenvalue weighted by atomic mass is 35.5. The molecule has 0 aliphatic carbocycles. The Morgan fingerprint density at radius 1 is 0.500 bits per heavy atom. The van der Waals surface area contributed by atoms with E-state index in [1.165, 1.54) is 68.7 Å². The van der Waals surface area contributed by atoms with Gasteiger partial charge < -0.3 is 28.7 Å². The van der Waals surface area contributed by atoms with Crippen molar-refractivity contribution in [3.63, 3.8) is 0 Å². The summed E-state index contributed by atoms with van der Waals surface area (Å²) in [6, 6.07) is 50.9. The molecule has 4 aliphatic rings. The van der Waals surface area contributed by atoms with Crippen LogP contribution in [0.25, 0.3) is 63.5 Å². The Kier molecular flexibility index (Phi) is 13.2. The number of nitrogens with zero attached hydrogens (tertiary/aromatic N) is 6. The van der Waals surface area contributed by atoms with Gasteiger partial charge in [-0.25, -0.2) is 9.97 Å². The van der Waals surface area contributed by atoms with Gasteiger partial charge >= 0.3 is 0 Å². The number of thiophene rings is 3. The van der Waals surface area contributed by atoms with Crippen molar-refractivity contribution in [3.8, 4) is 34.0 Å². The van der Waals surface area contributed by atoms with Crippen LogP contribution in [-0.2, 0) is 11.2 Å². The van der Waals surface area contributed by atoms with Gasteiger partial charge in [0.05, 0.1) is 50.3 Å². The van der Waals surface area contributed by atoms with E-state index in [1.807, 2.05) is 59.9 Å². The number of piperidine rings is 2. The molecule has 398 valence electrons. The predicted octanol–water partition coefficient (Wildman–Crippen LogP) is 16.8. The predicted molar refractivity (Wildman–Crippen MR) is 330 cm³/mol. The quantitative estimate of drug-likeness (QED) is 0.130. The van der Waals surface area contributed by atoms with Crippen LogP contribution in [0.4, 0.5) is 11.4 Å². The molecule has 6 aromatic carbocycles. The summed E-state index contributed by atoms with van der Waals surface area (Å²) in [5.74, 6) is 3.19. The third kappa shape index (κ3) is 8.91. The van der Waals surface area contributed by atoms with E-state index in [2.05, 4.69) is 147 Å². The van der Waals surface area contributed by atoms with Gasteiger partial charge in [-0.15, -0.1) is 34.0 Å². The first-order valence-corrected chi connectivity index (χ1v) is 30.2. The van der Waals surface area contributed by atoms with Crippen molar-refractivity contribution in [2.24, 2.45) is 0 Å². The highest BCUT2D eigenvalue weighted by molar-refractivity contribution is 7.38. The number of hydrogen-bond donors (Lipinski definition) is 0. The Labute approximate surface area is 481 Å². The minimum Gasteiger partial charge on any atom is -0.480 e. The average Bonchev–Trinajstić information content (AvgIpc) is 4.24. The summed E-state index contributed by atoms with van der Waals surface area (Å²) in [6.07, 6.45) is 16.2. The fourth-order valence-electron chi connectivity index (χ4n) is 11.9. The average molecular weight is 1130 g/mol. The fourth-order valence-corrected chi connectivity index (χ4v) is 15.8. The summed E-state index contributed by atoms with van der Waals surface area (Å²) in [5, 5.41) is 3.96. The molecule has 14 heteroatoms. The van der Waals surface area contributed by atoms with Crippen LogP contribution in [0.5, 0.6) is 23.3 Å². The number of aromatic nitrogens is 4. The van der Waals surface area contributed by atoms with Gasteiger partial charge in [-0.3, -0.25) is 0 Å². The van der Waals surface area contributed by atoms with Crippen LogP contribution < -0.4 is 28.7 Å². The molecule has 5 aromatic heterocycles. The molecule has 4 aliphatic heterocycles. The molecular weight excluding hydrogens is 1070 g/mol. The van der Waals surface area contributed by atoms with Gasteiger partial charge in [0.2, 0.25) is 17.0 Å². The van der Waals surface area contributed by atoms with Crippen molar-refractivity contribution < 1.29 is 18.9 Å². The molecule has 9 heterocycles. The Hall–Kier alpha value is -7.81. The van der Waals surface area contributed by atoms with Crippen molar-refractivity contribution in [2.45, 2.75) is 49.7 Å². The summed E-state index contributed by atoms with van der Waals surface area (Å²) in [4.78, 5) is 24.6. The zero-order chi connectivity index (χ0) is 53.8. The van der Waals surface area contributed by atoms with Gasteiger partial charge in [0.25, 0.3) is 0 Å². The number of anilines is 2. The SMILES string of the molecule is COc1nc(-c2cc3sc4ccsc4c3s2)nc2ccc3c(c12)C=CC(c1ccccc1)(c1ccc(N2CCCCC2)cc1)O3.COc1nc(Cl)nc2ccc3c(c12)C=CC(c1ccccc1)(c1ccc(N2CCCCC2)cc1)O3. The Morgan fingerprint density at radius 3 is 1.52 bits per heavy atom. The van der Waals surface area contributed by atoms with E-state index in [0.29, 0.717) is 23.1 Å². The number of rotatable bonds is 9. The molecule has 2 atom stereocenters. The van der Waals surface area contributed by atoms with Gasteiger partial charge in [-0.1, -0.05) is 84.9 Å². The largest absolute Gasteiger partial charge is 0.480 e. The van der Waals surface area contributed by atoms with E-state index in [4.69, 9.17) is 40.5 Å². The molecule has 0 radical (unpaired) electrons. The maximum atomic E-state index is 7.06. The summed E-state index contributed by atoms with van der Waals surface area (Å²) in [7, 11) is 3.27. The molecule has 0 amide bonds. The molecule has 0 N–H and O–H groups in total. The third-order valence-corrected chi connectivity index (χ3v) is 19.7. The number of fused-ring (bicyclic) bond motifs is 9. The van der Waals surface area contributed by atoms with Gasteiger partial charge in [0.1, 0.15) is 11.5 Å². The van der Waals surface area contributed by atoms with Crippen molar-refractivity contribution in [2.75, 3.05) is 50.2 Å². The molecular formula is C66H55ClN6O4S3. The monoisotopic (exact) mass is 1130 g/mol. The Bertz CT molecular complexity index is 4150. The first kappa shape index (κ1) is 50.4. The number of hydrogen-bond acceptors (Lipinski definition) is 13. The molecule has 15 rings (SSSR count). The topological polar surface area (TPSA) is 95.0 Å². The van der Waals surface area contributed by atoms with Crippen LogP contribution in [0, 0.1) is 0 Å². The molecule has 0 spiro atoms.